The highest BCUT2D eigenvalue weighted by Gasteiger charge is 2.37. The van der Waals surface area contributed by atoms with Crippen molar-refractivity contribution in [2.24, 2.45) is 5.92 Å². The fraction of sp³-hybridized carbons (Fsp3) is 0.462. The minimum Gasteiger partial charge on any atom is -0.396 e. The van der Waals surface area contributed by atoms with Gasteiger partial charge in [-0.2, -0.15) is 0 Å². The number of benzene rings is 1. The van der Waals surface area contributed by atoms with Crippen LogP contribution < -0.4 is 11.1 Å². The number of carbonyl (C=O) groups excluding carboxylic acids is 1. The number of amides is 1. The number of hydrogen-bond donors (Lipinski definition) is 2. The summed E-state index contributed by atoms with van der Waals surface area (Å²) in [6, 6.07) is 1.79. The van der Waals surface area contributed by atoms with Gasteiger partial charge in [-0.25, -0.2) is 8.78 Å². The highest BCUT2D eigenvalue weighted by atomic mass is 19.1. The van der Waals surface area contributed by atoms with Gasteiger partial charge in [-0.1, -0.05) is 13.3 Å². The molecule has 0 bridgehead atoms. The third-order valence-corrected chi connectivity index (χ3v) is 3.23. The predicted octanol–water partition coefficient (Wildman–Crippen LogP) is 2.47. The second-order valence-electron chi connectivity index (χ2n) is 4.72. The summed E-state index contributed by atoms with van der Waals surface area (Å²) in [6.07, 6.45) is 3.05. The van der Waals surface area contributed by atoms with E-state index >= 15 is 0 Å². The van der Waals surface area contributed by atoms with E-state index in [0.29, 0.717) is 12.0 Å². The van der Waals surface area contributed by atoms with E-state index in [1.54, 1.807) is 0 Å². The lowest BCUT2D eigenvalue weighted by molar-refractivity contribution is 0.0944. The van der Waals surface area contributed by atoms with Gasteiger partial charge in [-0.15, -0.1) is 0 Å². The number of anilines is 1. The minimum absolute atomic E-state index is 0.114. The van der Waals surface area contributed by atoms with Gasteiger partial charge in [0.15, 0.2) is 0 Å². The molecule has 1 aliphatic carbocycles. The van der Waals surface area contributed by atoms with E-state index in [2.05, 4.69) is 12.2 Å². The SMILES string of the molecule is CCCC1CC1NC(=O)c1cc(N)c(F)cc1F. The third kappa shape index (κ3) is 2.60. The van der Waals surface area contributed by atoms with Gasteiger partial charge in [0.1, 0.15) is 11.6 Å². The molecule has 3 N–H and O–H groups in total. The number of hydrogen-bond acceptors (Lipinski definition) is 2. The topological polar surface area (TPSA) is 55.1 Å². The first-order chi connectivity index (χ1) is 8.52. The van der Waals surface area contributed by atoms with Crippen LogP contribution in [-0.2, 0) is 0 Å². The average Bonchev–Trinajstić information content (AvgIpc) is 3.02. The van der Waals surface area contributed by atoms with E-state index in [9.17, 15) is 13.6 Å². The van der Waals surface area contributed by atoms with E-state index in [1.165, 1.54) is 0 Å². The Labute approximate surface area is 104 Å². The summed E-state index contributed by atoms with van der Waals surface area (Å²) in [5.74, 6) is -1.77. The standard InChI is InChI=1S/C13H16F2N2O/c1-2-3-7-4-12(7)17-13(18)8-5-11(16)10(15)6-9(8)14/h5-7,12H,2-4,16H2,1H3,(H,17,18). The maximum absolute atomic E-state index is 13.4. The van der Waals surface area contributed by atoms with Crippen molar-refractivity contribution in [3.8, 4) is 0 Å². The van der Waals surface area contributed by atoms with Crippen molar-refractivity contribution >= 4 is 11.6 Å². The predicted molar refractivity (Wildman–Crippen MR) is 65.0 cm³/mol. The quantitative estimate of drug-likeness (QED) is 0.811. The Morgan fingerprint density at radius 2 is 2.17 bits per heavy atom. The van der Waals surface area contributed by atoms with Crippen LogP contribution in [0.15, 0.2) is 12.1 Å². The van der Waals surface area contributed by atoms with Crippen LogP contribution in [0.25, 0.3) is 0 Å². The van der Waals surface area contributed by atoms with Crippen molar-refractivity contribution in [1.82, 2.24) is 5.32 Å². The van der Waals surface area contributed by atoms with Crippen molar-refractivity contribution in [2.75, 3.05) is 5.73 Å². The molecule has 2 atom stereocenters. The Morgan fingerprint density at radius 3 is 2.83 bits per heavy atom. The summed E-state index contributed by atoms with van der Waals surface area (Å²) >= 11 is 0. The van der Waals surface area contributed by atoms with Gasteiger partial charge in [0.05, 0.1) is 11.3 Å². The van der Waals surface area contributed by atoms with Crippen LogP contribution in [0.2, 0.25) is 0 Å². The van der Waals surface area contributed by atoms with Crippen molar-refractivity contribution < 1.29 is 13.6 Å². The zero-order valence-electron chi connectivity index (χ0n) is 10.2. The number of rotatable bonds is 4. The molecule has 0 spiro atoms. The lowest BCUT2D eigenvalue weighted by atomic mass is 10.1. The molecule has 2 rings (SSSR count). The number of nitrogens with one attached hydrogen (secondary N) is 1. The lowest BCUT2D eigenvalue weighted by Crippen LogP contribution is -2.28. The van der Waals surface area contributed by atoms with Crippen molar-refractivity contribution in [2.45, 2.75) is 32.2 Å². The van der Waals surface area contributed by atoms with E-state index in [-0.39, 0.29) is 17.3 Å². The number of nitrogen functional groups attached to an aromatic ring is 1. The molecule has 1 saturated carbocycles. The number of halogens is 2. The lowest BCUT2D eigenvalue weighted by Gasteiger charge is -2.07. The van der Waals surface area contributed by atoms with Crippen LogP contribution in [0, 0.1) is 17.6 Å². The third-order valence-electron chi connectivity index (χ3n) is 3.23. The molecule has 0 heterocycles. The number of carbonyl (C=O) groups is 1. The van der Waals surface area contributed by atoms with Crippen LogP contribution >= 0.6 is 0 Å². The van der Waals surface area contributed by atoms with Crippen molar-refractivity contribution in [3.63, 3.8) is 0 Å². The second kappa shape index (κ2) is 4.92. The Morgan fingerprint density at radius 1 is 1.44 bits per heavy atom. The molecule has 0 aliphatic heterocycles. The smallest absolute Gasteiger partial charge is 0.254 e. The van der Waals surface area contributed by atoms with Gasteiger partial charge in [-0.05, 0) is 24.8 Å². The molecule has 18 heavy (non-hydrogen) atoms. The molecule has 2 unspecified atom stereocenters. The summed E-state index contributed by atoms with van der Waals surface area (Å²) in [6.45, 7) is 2.08. The van der Waals surface area contributed by atoms with Crippen molar-refractivity contribution in [3.05, 3.63) is 29.3 Å². The minimum atomic E-state index is -0.883. The largest absolute Gasteiger partial charge is 0.396 e. The Hall–Kier alpha value is -1.65. The van der Waals surface area contributed by atoms with Crippen molar-refractivity contribution in [1.29, 1.82) is 0 Å². The Balaban J connectivity index is 2.04. The highest BCUT2D eigenvalue weighted by Crippen LogP contribution is 2.34. The Kier molecular flexibility index (Phi) is 3.50. The van der Waals surface area contributed by atoms with Crippen LogP contribution in [-0.4, -0.2) is 11.9 Å². The normalized spacial score (nSPS) is 21.7. The van der Waals surface area contributed by atoms with E-state index in [1.807, 2.05) is 0 Å². The van der Waals surface area contributed by atoms with Gasteiger partial charge in [-0.3, -0.25) is 4.79 Å². The number of nitrogens with two attached hydrogens (primary N) is 1. The maximum atomic E-state index is 13.4. The first-order valence-corrected chi connectivity index (χ1v) is 6.08. The molecule has 1 fully saturated rings. The van der Waals surface area contributed by atoms with E-state index in [0.717, 1.165) is 25.3 Å². The van der Waals surface area contributed by atoms with E-state index in [4.69, 9.17) is 5.73 Å². The molecule has 0 aromatic heterocycles. The van der Waals surface area contributed by atoms with Gasteiger partial charge in [0.25, 0.3) is 5.91 Å². The molecule has 1 aromatic carbocycles. The molecule has 0 radical (unpaired) electrons. The van der Waals surface area contributed by atoms with Gasteiger partial charge < -0.3 is 11.1 Å². The summed E-state index contributed by atoms with van der Waals surface area (Å²) in [5.41, 5.74) is 4.91. The highest BCUT2D eigenvalue weighted by molar-refractivity contribution is 5.95. The van der Waals surface area contributed by atoms with E-state index < -0.39 is 17.5 Å². The average molecular weight is 254 g/mol. The summed E-state index contributed by atoms with van der Waals surface area (Å²) in [7, 11) is 0. The van der Waals surface area contributed by atoms with Gasteiger partial charge in [0.2, 0.25) is 0 Å². The first kappa shape index (κ1) is 12.8. The molecule has 3 nitrogen and oxygen atoms in total. The molecule has 1 amide bonds. The molecule has 98 valence electrons. The monoisotopic (exact) mass is 254 g/mol. The summed E-state index contributed by atoms with van der Waals surface area (Å²) < 4.78 is 26.4. The second-order valence-corrected chi connectivity index (χ2v) is 4.72. The van der Waals surface area contributed by atoms with Gasteiger partial charge >= 0.3 is 0 Å². The fourth-order valence-electron chi connectivity index (χ4n) is 2.10. The maximum Gasteiger partial charge on any atom is 0.254 e. The first-order valence-electron chi connectivity index (χ1n) is 6.08. The molecule has 1 aromatic rings. The molecular weight excluding hydrogens is 238 g/mol. The summed E-state index contributed by atoms with van der Waals surface area (Å²) in [4.78, 5) is 11.8. The molecule has 0 saturated heterocycles. The van der Waals surface area contributed by atoms with Crippen LogP contribution in [0.1, 0.15) is 36.5 Å². The zero-order valence-corrected chi connectivity index (χ0v) is 10.2. The fourth-order valence-corrected chi connectivity index (χ4v) is 2.10. The molecule has 1 aliphatic rings. The molecular formula is C13H16F2N2O. The van der Waals surface area contributed by atoms with Crippen LogP contribution in [0.4, 0.5) is 14.5 Å². The summed E-state index contributed by atoms with van der Waals surface area (Å²) in [5, 5.41) is 2.74. The zero-order chi connectivity index (χ0) is 13.3. The van der Waals surface area contributed by atoms with Crippen LogP contribution in [0.5, 0.6) is 0 Å². The molecule has 5 heteroatoms. The Bertz CT molecular complexity index is 476. The van der Waals surface area contributed by atoms with Crippen LogP contribution in [0.3, 0.4) is 0 Å². The van der Waals surface area contributed by atoms with Gasteiger partial charge in [0, 0.05) is 12.1 Å².